The minimum absolute atomic E-state index is 0. The molecule has 2 aromatic rings. The molecule has 0 atom stereocenters. The van der Waals surface area contributed by atoms with Crippen molar-refractivity contribution in [3.05, 3.63) is 48.2 Å². The van der Waals surface area contributed by atoms with Gasteiger partial charge in [-0.2, -0.15) is 0 Å². The highest BCUT2D eigenvalue weighted by atomic mass is 35.5. The highest BCUT2D eigenvalue weighted by Crippen LogP contribution is 2.18. The van der Waals surface area contributed by atoms with E-state index in [9.17, 15) is 4.79 Å². The van der Waals surface area contributed by atoms with Crippen molar-refractivity contribution in [2.45, 2.75) is 13.3 Å². The number of halogens is 2. The lowest BCUT2D eigenvalue weighted by atomic mass is 10.1. The molecule has 1 aromatic heterocycles. The normalized spacial score (nSPS) is 14.0. The molecule has 1 fully saturated rings. The Kier molecular flexibility index (Phi) is 9.35. The average molecular weight is 412 g/mol. The Morgan fingerprint density at radius 2 is 1.89 bits per heavy atom. The molecule has 1 amide bonds. The molecular formula is C19H27Cl2N5O. The van der Waals surface area contributed by atoms with Crippen molar-refractivity contribution < 1.29 is 4.79 Å². The van der Waals surface area contributed by atoms with Gasteiger partial charge >= 0.3 is 0 Å². The molecule has 3 N–H and O–H groups in total. The molecule has 8 heteroatoms. The molecule has 6 nitrogen and oxygen atoms in total. The van der Waals surface area contributed by atoms with Gasteiger partial charge < -0.3 is 16.0 Å². The number of anilines is 3. The van der Waals surface area contributed by atoms with Crippen LogP contribution in [0.5, 0.6) is 0 Å². The zero-order valence-corrected chi connectivity index (χ0v) is 17.1. The van der Waals surface area contributed by atoms with E-state index in [1.807, 2.05) is 43.5 Å². The number of pyridine rings is 1. The third-order valence-corrected chi connectivity index (χ3v) is 4.54. The Labute approximate surface area is 172 Å². The largest absolute Gasteiger partial charge is 0.399 e. The summed E-state index contributed by atoms with van der Waals surface area (Å²) in [6.07, 6.45) is 2.31. The molecule has 0 bridgehead atoms. The molecule has 3 rings (SSSR count). The molecule has 0 saturated carbocycles. The Morgan fingerprint density at radius 3 is 2.56 bits per heavy atom. The number of nitrogen functional groups attached to an aromatic ring is 1. The van der Waals surface area contributed by atoms with Crippen LogP contribution in [0.4, 0.5) is 17.2 Å². The number of benzene rings is 1. The summed E-state index contributed by atoms with van der Waals surface area (Å²) in [5.41, 5.74) is 8.26. The molecule has 0 aliphatic carbocycles. The van der Waals surface area contributed by atoms with E-state index < -0.39 is 0 Å². The SMILES string of the molecule is Cc1ccc(N)cc1NC(=O)CCN1CCN(c2ccccn2)CC1.Cl.Cl. The van der Waals surface area contributed by atoms with Gasteiger partial charge in [0.25, 0.3) is 0 Å². The second-order valence-electron chi connectivity index (χ2n) is 6.39. The van der Waals surface area contributed by atoms with Crippen LogP contribution < -0.4 is 16.0 Å². The van der Waals surface area contributed by atoms with E-state index in [0.717, 1.165) is 49.8 Å². The number of hydrogen-bond acceptors (Lipinski definition) is 5. The molecule has 1 aliphatic heterocycles. The summed E-state index contributed by atoms with van der Waals surface area (Å²) >= 11 is 0. The summed E-state index contributed by atoms with van der Waals surface area (Å²) in [7, 11) is 0. The number of aromatic nitrogens is 1. The number of aryl methyl sites for hydroxylation is 1. The lowest BCUT2D eigenvalue weighted by molar-refractivity contribution is -0.116. The Morgan fingerprint density at radius 1 is 1.15 bits per heavy atom. The Balaban J connectivity index is 0.00000182. The van der Waals surface area contributed by atoms with Gasteiger partial charge in [0.2, 0.25) is 5.91 Å². The van der Waals surface area contributed by atoms with Crippen LogP contribution >= 0.6 is 24.8 Å². The molecule has 0 radical (unpaired) electrons. The number of nitrogens with two attached hydrogens (primary N) is 1. The van der Waals surface area contributed by atoms with E-state index in [1.54, 1.807) is 6.07 Å². The summed E-state index contributed by atoms with van der Waals surface area (Å²) in [4.78, 5) is 21.2. The topological polar surface area (TPSA) is 74.5 Å². The summed E-state index contributed by atoms with van der Waals surface area (Å²) in [6.45, 7) is 6.50. The first kappa shape index (κ1) is 23.0. The van der Waals surface area contributed by atoms with E-state index in [-0.39, 0.29) is 30.7 Å². The van der Waals surface area contributed by atoms with Gasteiger partial charge in [-0.05, 0) is 36.8 Å². The van der Waals surface area contributed by atoms with Crippen LogP contribution in [-0.2, 0) is 4.79 Å². The predicted octanol–water partition coefficient (Wildman–Crippen LogP) is 2.97. The number of rotatable bonds is 5. The first-order chi connectivity index (χ1) is 12.1. The standard InChI is InChI=1S/C19H25N5O.2ClH/c1-15-5-6-16(20)14-17(15)22-19(25)7-9-23-10-12-24(13-11-23)18-4-2-3-8-21-18;;/h2-6,8,14H,7,9-13,20H2,1H3,(H,22,25);2*1H. The molecule has 2 heterocycles. The number of amides is 1. The number of nitrogens with zero attached hydrogens (tertiary/aromatic N) is 3. The van der Waals surface area contributed by atoms with Gasteiger partial charge in [0.15, 0.2) is 0 Å². The molecule has 148 valence electrons. The van der Waals surface area contributed by atoms with Crippen LogP contribution in [0, 0.1) is 6.92 Å². The summed E-state index contributed by atoms with van der Waals surface area (Å²) < 4.78 is 0. The van der Waals surface area contributed by atoms with Crippen LogP contribution in [-0.4, -0.2) is 48.5 Å². The lowest BCUT2D eigenvalue weighted by Gasteiger charge is -2.35. The molecule has 1 aromatic carbocycles. The minimum Gasteiger partial charge on any atom is -0.399 e. The molecule has 0 unspecified atom stereocenters. The van der Waals surface area contributed by atoms with Crippen LogP contribution in [0.3, 0.4) is 0 Å². The summed E-state index contributed by atoms with van der Waals surface area (Å²) in [5, 5.41) is 2.96. The van der Waals surface area contributed by atoms with E-state index in [4.69, 9.17) is 5.73 Å². The van der Waals surface area contributed by atoms with Crippen molar-refractivity contribution in [3.8, 4) is 0 Å². The van der Waals surface area contributed by atoms with Crippen molar-refractivity contribution >= 4 is 47.9 Å². The molecule has 27 heavy (non-hydrogen) atoms. The van der Waals surface area contributed by atoms with Crippen molar-refractivity contribution in [1.82, 2.24) is 9.88 Å². The fourth-order valence-corrected chi connectivity index (χ4v) is 2.99. The average Bonchev–Trinajstić information content (AvgIpc) is 2.64. The quantitative estimate of drug-likeness (QED) is 0.739. The molecular weight excluding hydrogens is 385 g/mol. The fraction of sp³-hybridized carbons (Fsp3) is 0.368. The van der Waals surface area contributed by atoms with Gasteiger partial charge in [0.05, 0.1) is 0 Å². The van der Waals surface area contributed by atoms with Crippen LogP contribution in [0.25, 0.3) is 0 Å². The first-order valence-electron chi connectivity index (χ1n) is 8.66. The molecule has 0 spiro atoms. The second kappa shape index (κ2) is 11.0. The molecule has 1 saturated heterocycles. The smallest absolute Gasteiger partial charge is 0.225 e. The molecule has 1 aliphatic rings. The van der Waals surface area contributed by atoms with Gasteiger partial charge in [-0.1, -0.05) is 12.1 Å². The Bertz CT molecular complexity index is 721. The summed E-state index contributed by atoms with van der Waals surface area (Å²) in [5.74, 6) is 1.05. The van der Waals surface area contributed by atoms with Crippen LogP contribution in [0.2, 0.25) is 0 Å². The minimum atomic E-state index is 0. The number of piperazine rings is 1. The zero-order valence-electron chi connectivity index (χ0n) is 15.4. The number of carbonyl (C=O) groups excluding carboxylic acids is 1. The first-order valence-corrected chi connectivity index (χ1v) is 8.66. The van der Waals surface area contributed by atoms with Crippen LogP contribution in [0.1, 0.15) is 12.0 Å². The van der Waals surface area contributed by atoms with E-state index in [1.165, 1.54) is 0 Å². The van der Waals surface area contributed by atoms with Crippen molar-refractivity contribution in [1.29, 1.82) is 0 Å². The van der Waals surface area contributed by atoms with Crippen molar-refractivity contribution in [2.75, 3.05) is 48.7 Å². The van der Waals surface area contributed by atoms with E-state index in [0.29, 0.717) is 12.1 Å². The highest BCUT2D eigenvalue weighted by molar-refractivity contribution is 5.92. The second-order valence-corrected chi connectivity index (χ2v) is 6.39. The number of carbonyl (C=O) groups is 1. The lowest BCUT2D eigenvalue weighted by Crippen LogP contribution is -2.47. The third-order valence-electron chi connectivity index (χ3n) is 4.54. The van der Waals surface area contributed by atoms with E-state index >= 15 is 0 Å². The van der Waals surface area contributed by atoms with Crippen LogP contribution in [0.15, 0.2) is 42.6 Å². The maximum atomic E-state index is 12.2. The highest BCUT2D eigenvalue weighted by Gasteiger charge is 2.18. The van der Waals surface area contributed by atoms with Crippen molar-refractivity contribution in [2.24, 2.45) is 0 Å². The number of nitrogens with one attached hydrogen (secondary N) is 1. The van der Waals surface area contributed by atoms with Gasteiger partial charge in [-0.25, -0.2) is 4.98 Å². The van der Waals surface area contributed by atoms with Gasteiger partial charge in [0, 0.05) is 56.7 Å². The maximum Gasteiger partial charge on any atom is 0.225 e. The fourth-order valence-electron chi connectivity index (χ4n) is 2.99. The van der Waals surface area contributed by atoms with Gasteiger partial charge in [-0.15, -0.1) is 24.8 Å². The van der Waals surface area contributed by atoms with Gasteiger partial charge in [-0.3, -0.25) is 9.69 Å². The van der Waals surface area contributed by atoms with E-state index in [2.05, 4.69) is 20.1 Å². The third kappa shape index (κ3) is 6.57. The number of hydrogen-bond donors (Lipinski definition) is 2. The summed E-state index contributed by atoms with van der Waals surface area (Å²) in [6, 6.07) is 11.5. The van der Waals surface area contributed by atoms with Gasteiger partial charge in [0.1, 0.15) is 5.82 Å². The predicted molar refractivity (Wildman–Crippen MR) is 116 cm³/mol. The Hall–Kier alpha value is -2.02. The zero-order chi connectivity index (χ0) is 17.6. The maximum absolute atomic E-state index is 12.2. The van der Waals surface area contributed by atoms with Crippen molar-refractivity contribution in [3.63, 3.8) is 0 Å². The monoisotopic (exact) mass is 411 g/mol.